The van der Waals surface area contributed by atoms with Crippen LogP contribution in [0.1, 0.15) is 26.7 Å². The fourth-order valence-electron chi connectivity index (χ4n) is 2.07. The first-order valence-electron chi connectivity index (χ1n) is 7.37. The molecule has 4 nitrogen and oxygen atoms in total. The number of benzene rings is 1. The zero-order valence-electron chi connectivity index (χ0n) is 13.1. The van der Waals surface area contributed by atoms with Crippen LogP contribution in [0.5, 0.6) is 0 Å². The Bertz CT molecular complexity index is 395. The summed E-state index contributed by atoms with van der Waals surface area (Å²) in [5.41, 5.74) is 2.14. The van der Waals surface area contributed by atoms with Crippen LogP contribution < -0.4 is 10.2 Å². The number of hydrogen-bond donors (Lipinski definition) is 1. The van der Waals surface area contributed by atoms with Crippen molar-refractivity contribution < 1.29 is 4.79 Å². The molecular formula is C16H27N3O. The molecule has 0 saturated carbocycles. The van der Waals surface area contributed by atoms with E-state index < -0.39 is 0 Å². The summed E-state index contributed by atoms with van der Waals surface area (Å²) in [6.07, 6.45) is 2.01. The van der Waals surface area contributed by atoms with E-state index in [9.17, 15) is 4.79 Å². The molecular weight excluding hydrogens is 250 g/mol. The molecule has 0 aliphatic rings. The van der Waals surface area contributed by atoms with Gasteiger partial charge >= 0.3 is 0 Å². The molecule has 1 aromatic rings. The molecule has 0 atom stereocenters. The molecule has 0 spiro atoms. The van der Waals surface area contributed by atoms with Crippen molar-refractivity contribution in [2.75, 3.05) is 43.9 Å². The van der Waals surface area contributed by atoms with Crippen LogP contribution in [0, 0.1) is 0 Å². The van der Waals surface area contributed by atoms with Gasteiger partial charge in [0.25, 0.3) is 0 Å². The van der Waals surface area contributed by atoms with E-state index in [2.05, 4.69) is 24.1 Å². The van der Waals surface area contributed by atoms with E-state index in [1.807, 2.05) is 43.3 Å². The van der Waals surface area contributed by atoms with Crippen LogP contribution in [0.4, 0.5) is 11.4 Å². The van der Waals surface area contributed by atoms with Gasteiger partial charge in [0.1, 0.15) is 0 Å². The Balaban J connectivity index is 2.50. The number of rotatable bonds is 8. The molecule has 20 heavy (non-hydrogen) atoms. The van der Waals surface area contributed by atoms with Gasteiger partial charge in [-0.15, -0.1) is 0 Å². The molecule has 0 unspecified atom stereocenters. The number of carbonyl (C=O) groups is 1. The molecule has 0 aromatic heterocycles. The molecule has 0 saturated heterocycles. The van der Waals surface area contributed by atoms with E-state index >= 15 is 0 Å². The molecule has 0 heterocycles. The SMILES string of the molecule is CCCN(CCC)C(=O)CNc1ccc(N(C)C)cc1. The molecule has 0 radical (unpaired) electrons. The largest absolute Gasteiger partial charge is 0.378 e. The van der Waals surface area contributed by atoms with Gasteiger partial charge in [0.2, 0.25) is 5.91 Å². The Morgan fingerprint density at radius 3 is 2.05 bits per heavy atom. The predicted octanol–water partition coefficient (Wildman–Crippen LogP) is 2.81. The maximum atomic E-state index is 12.1. The fraction of sp³-hybridized carbons (Fsp3) is 0.562. The minimum absolute atomic E-state index is 0.172. The summed E-state index contributed by atoms with van der Waals surface area (Å²) in [5, 5.41) is 3.20. The van der Waals surface area contributed by atoms with Crippen molar-refractivity contribution in [2.24, 2.45) is 0 Å². The summed E-state index contributed by atoms with van der Waals surface area (Å²) in [6, 6.07) is 8.10. The van der Waals surface area contributed by atoms with Crippen molar-refractivity contribution in [3.05, 3.63) is 24.3 Å². The average Bonchev–Trinajstić information content (AvgIpc) is 2.45. The maximum Gasteiger partial charge on any atom is 0.241 e. The maximum absolute atomic E-state index is 12.1. The number of hydrogen-bond acceptors (Lipinski definition) is 3. The van der Waals surface area contributed by atoms with Crippen LogP contribution in [-0.4, -0.2) is 44.5 Å². The highest BCUT2D eigenvalue weighted by Crippen LogP contribution is 2.15. The quantitative estimate of drug-likeness (QED) is 0.793. The van der Waals surface area contributed by atoms with E-state index in [4.69, 9.17) is 0 Å². The Hall–Kier alpha value is -1.71. The van der Waals surface area contributed by atoms with E-state index in [-0.39, 0.29) is 5.91 Å². The van der Waals surface area contributed by atoms with Crippen LogP contribution in [0.15, 0.2) is 24.3 Å². The van der Waals surface area contributed by atoms with Crippen LogP contribution >= 0.6 is 0 Å². The lowest BCUT2D eigenvalue weighted by molar-refractivity contribution is -0.129. The molecule has 0 aliphatic heterocycles. The zero-order chi connectivity index (χ0) is 15.0. The second-order valence-corrected chi connectivity index (χ2v) is 5.18. The highest BCUT2D eigenvalue weighted by molar-refractivity contribution is 5.81. The Morgan fingerprint density at radius 1 is 1.05 bits per heavy atom. The molecule has 1 amide bonds. The lowest BCUT2D eigenvalue weighted by Crippen LogP contribution is -2.36. The normalized spacial score (nSPS) is 10.2. The third kappa shape index (κ3) is 5.11. The van der Waals surface area contributed by atoms with Crippen molar-refractivity contribution in [1.29, 1.82) is 0 Å². The molecule has 112 valence electrons. The third-order valence-corrected chi connectivity index (χ3v) is 3.17. The van der Waals surface area contributed by atoms with Gasteiger partial charge in [0, 0.05) is 38.6 Å². The first-order chi connectivity index (χ1) is 9.58. The Kier molecular flexibility index (Phi) is 6.91. The minimum Gasteiger partial charge on any atom is -0.378 e. The summed E-state index contributed by atoms with van der Waals surface area (Å²) in [5.74, 6) is 0.172. The van der Waals surface area contributed by atoms with E-state index in [1.54, 1.807) is 0 Å². The van der Waals surface area contributed by atoms with Gasteiger partial charge in [-0.05, 0) is 37.1 Å². The van der Waals surface area contributed by atoms with Crippen molar-refractivity contribution in [2.45, 2.75) is 26.7 Å². The van der Waals surface area contributed by atoms with Gasteiger partial charge in [-0.2, -0.15) is 0 Å². The average molecular weight is 277 g/mol. The van der Waals surface area contributed by atoms with Gasteiger partial charge < -0.3 is 15.1 Å². The van der Waals surface area contributed by atoms with E-state index in [0.717, 1.165) is 37.3 Å². The Labute approximate surface area is 122 Å². The second-order valence-electron chi connectivity index (χ2n) is 5.18. The topological polar surface area (TPSA) is 35.6 Å². The van der Waals surface area contributed by atoms with Crippen molar-refractivity contribution in [3.8, 4) is 0 Å². The van der Waals surface area contributed by atoms with Gasteiger partial charge in [0.05, 0.1) is 6.54 Å². The minimum atomic E-state index is 0.172. The zero-order valence-corrected chi connectivity index (χ0v) is 13.1. The molecule has 0 aliphatic carbocycles. The van der Waals surface area contributed by atoms with E-state index in [1.165, 1.54) is 0 Å². The lowest BCUT2D eigenvalue weighted by Gasteiger charge is -2.22. The van der Waals surface area contributed by atoms with Gasteiger partial charge in [0.15, 0.2) is 0 Å². The molecule has 1 N–H and O–H groups in total. The summed E-state index contributed by atoms with van der Waals surface area (Å²) in [7, 11) is 4.03. The van der Waals surface area contributed by atoms with E-state index in [0.29, 0.717) is 6.54 Å². The first-order valence-corrected chi connectivity index (χ1v) is 7.37. The van der Waals surface area contributed by atoms with Crippen LogP contribution in [0.3, 0.4) is 0 Å². The molecule has 1 aromatic carbocycles. The molecule has 0 bridgehead atoms. The molecule has 0 fully saturated rings. The van der Waals surface area contributed by atoms with Gasteiger partial charge in [-0.25, -0.2) is 0 Å². The summed E-state index contributed by atoms with van der Waals surface area (Å²) in [6.45, 7) is 6.25. The fourth-order valence-corrected chi connectivity index (χ4v) is 2.07. The van der Waals surface area contributed by atoms with Crippen molar-refractivity contribution in [3.63, 3.8) is 0 Å². The summed E-state index contributed by atoms with van der Waals surface area (Å²) < 4.78 is 0. The number of amides is 1. The molecule has 4 heteroatoms. The van der Waals surface area contributed by atoms with Gasteiger partial charge in [-0.3, -0.25) is 4.79 Å². The third-order valence-electron chi connectivity index (χ3n) is 3.17. The smallest absolute Gasteiger partial charge is 0.241 e. The number of anilines is 2. The monoisotopic (exact) mass is 277 g/mol. The number of nitrogens with zero attached hydrogens (tertiary/aromatic N) is 2. The highest BCUT2D eigenvalue weighted by Gasteiger charge is 2.10. The van der Waals surface area contributed by atoms with Crippen molar-refractivity contribution in [1.82, 2.24) is 4.90 Å². The molecule has 1 rings (SSSR count). The first kappa shape index (κ1) is 16.3. The lowest BCUT2D eigenvalue weighted by atomic mass is 10.2. The highest BCUT2D eigenvalue weighted by atomic mass is 16.2. The van der Waals surface area contributed by atoms with Gasteiger partial charge in [-0.1, -0.05) is 13.8 Å². The standard InChI is InChI=1S/C16H27N3O/c1-5-11-19(12-6-2)16(20)13-17-14-7-9-15(10-8-14)18(3)4/h7-10,17H,5-6,11-13H2,1-4H3. The summed E-state index contributed by atoms with van der Waals surface area (Å²) >= 11 is 0. The second kappa shape index (κ2) is 8.46. The van der Waals surface area contributed by atoms with Crippen LogP contribution in [-0.2, 0) is 4.79 Å². The number of carbonyl (C=O) groups excluding carboxylic acids is 1. The summed E-state index contributed by atoms with van der Waals surface area (Å²) in [4.78, 5) is 16.1. The van der Waals surface area contributed by atoms with Crippen molar-refractivity contribution >= 4 is 17.3 Å². The van der Waals surface area contributed by atoms with Crippen LogP contribution in [0.25, 0.3) is 0 Å². The number of nitrogens with one attached hydrogen (secondary N) is 1. The Morgan fingerprint density at radius 2 is 1.60 bits per heavy atom. The predicted molar refractivity (Wildman–Crippen MR) is 86.4 cm³/mol. The van der Waals surface area contributed by atoms with Crippen LogP contribution in [0.2, 0.25) is 0 Å².